The van der Waals surface area contributed by atoms with E-state index in [4.69, 9.17) is 5.73 Å². The standard InChI is InChI=1S/C11H11N5O2S2/c1-6-14-11(19-15-6)16-20(17,18)10-5-13-9-4-7(12)2-3-8(9)10/h2-5,13H,12H2,1H3,(H,14,15,16). The van der Waals surface area contributed by atoms with Crippen molar-refractivity contribution in [1.82, 2.24) is 14.3 Å². The van der Waals surface area contributed by atoms with E-state index in [1.165, 1.54) is 6.20 Å². The Balaban J connectivity index is 2.05. The zero-order valence-electron chi connectivity index (χ0n) is 10.4. The van der Waals surface area contributed by atoms with Gasteiger partial charge in [-0.15, -0.1) is 0 Å². The third-order valence-corrected chi connectivity index (χ3v) is 4.94. The Morgan fingerprint density at radius 1 is 1.40 bits per heavy atom. The van der Waals surface area contributed by atoms with Crippen LogP contribution in [0.2, 0.25) is 0 Å². The molecular formula is C11H11N5O2S2. The molecule has 0 atom stereocenters. The minimum Gasteiger partial charge on any atom is -0.399 e. The number of aromatic nitrogens is 3. The monoisotopic (exact) mass is 309 g/mol. The van der Waals surface area contributed by atoms with Crippen molar-refractivity contribution in [3.8, 4) is 0 Å². The van der Waals surface area contributed by atoms with Gasteiger partial charge in [-0.1, -0.05) is 0 Å². The molecule has 7 nitrogen and oxygen atoms in total. The molecule has 0 aliphatic carbocycles. The normalized spacial score (nSPS) is 11.8. The number of H-pyrrole nitrogens is 1. The van der Waals surface area contributed by atoms with Crippen LogP contribution in [0.3, 0.4) is 0 Å². The van der Waals surface area contributed by atoms with E-state index in [2.05, 4.69) is 19.1 Å². The van der Waals surface area contributed by atoms with Gasteiger partial charge in [-0.3, -0.25) is 4.72 Å². The highest BCUT2D eigenvalue weighted by Gasteiger charge is 2.20. The van der Waals surface area contributed by atoms with Crippen molar-refractivity contribution in [2.75, 3.05) is 10.5 Å². The first-order valence-electron chi connectivity index (χ1n) is 5.65. The maximum atomic E-state index is 12.3. The maximum absolute atomic E-state index is 12.3. The number of nitrogens with two attached hydrogens (primary N) is 1. The predicted molar refractivity (Wildman–Crippen MR) is 78.2 cm³/mol. The highest BCUT2D eigenvalue weighted by atomic mass is 32.2. The van der Waals surface area contributed by atoms with Crippen molar-refractivity contribution < 1.29 is 8.42 Å². The van der Waals surface area contributed by atoms with Crippen LogP contribution in [-0.4, -0.2) is 22.8 Å². The second kappa shape index (κ2) is 4.46. The lowest BCUT2D eigenvalue weighted by molar-refractivity contribution is 0.602. The molecule has 1 aromatic carbocycles. The van der Waals surface area contributed by atoms with E-state index in [0.29, 0.717) is 22.4 Å². The van der Waals surface area contributed by atoms with Crippen LogP contribution in [0, 0.1) is 6.92 Å². The third-order valence-electron chi connectivity index (χ3n) is 2.71. The molecule has 4 N–H and O–H groups in total. The van der Waals surface area contributed by atoms with E-state index in [-0.39, 0.29) is 10.0 Å². The fourth-order valence-electron chi connectivity index (χ4n) is 1.85. The Morgan fingerprint density at radius 2 is 2.20 bits per heavy atom. The first-order chi connectivity index (χ1) is 9.45. The summed E-state index contributed by atoms with van der Waals surface area (Å²) in [7, 11) is -3.71. The second-order valence-electron chi connectivity index (χ2n) is 4.21. The molecule has 0 amide bonds. The Bertz CT molecular complexity index is 881. The minimum absolute atomic E-state index is 0.153. The Kier molecular flexibility index (Phi) is 2.87. The number of nitrogens with one attached hydrogen (secondary N) is 2. The molecule has 0 spiro atoms. The van der Waals surface area contributed by atoms with Crippen molar-refractivity contribution in [3.63, 3.8) is 0 Å². The van der Waals surface area contributed by atoms with Gasteiger partial charge in [-0.25, -0.2) is 13.4 Å². The van der Waals surface area contributed by atoms with Crippen LogP contribution in [0.15, 0.2) is 29.3 Å². The summed E-state index contributed by atoms with van der Waals surface area (Å²) in [5.41, 5.74) is 6.90. The van der Waals surface area contributed by atoms with Gasteiger partial charge in [0.2, 0.25) is 5.13 Å². The molecule has 2 aromatic heterocycles. The Morgan fingerprint density at radius 3 is 2.90 bits per heavy atom. The van der Waals surface area contributed by atoms with Gasteiger partial charge in [0, 0.05) is 34.3 Å². The van der Waals surface area contributed by atoms with Gasteiger partial charge < -0.3 is 10.7 Å². The van der Waals surface area contributed by atoms with Crippen LogP contribution in [0.1, 0.15) is 5.82 Å². The van der Waals surface area contributed by atoms with Gasteiger partial charge in [0.15, 0.2) is 0 Å². The lowest BCUT2D eigenvalue weighted by Gasteiger charge is -2.03. The van der Waals surface area contributed by atoms with Crippen molar-refractivity contribution in [3.05, 3.63) is 30.2 Å². The first kappa shape index (κ1) is 12.9. The van der Waals surface area contributed by atoms with E-state index in [1.807, 2.05) is 0 Å². The molecule has 0 fully saturated rings. The van der Waals surface area contributed by atoms with Crippen LogP contribution in [0.4, 0.5) is 10.8 Å². The summed E-state index contributed by atoms with van der Waals surface area (Å²) >= 11 is 1.000. The summed E-state index contributed by atoms with van der Waals surface area (Å²) in [5.74, 6) is 0.527. The number of nitrogens with zero attached hydrogens (tertiary/aromatic N) is 2. The van der Waals surface area contributed by atoms with E-state index >= 15 is 0 Å². The van der Waals surface area contributed by atoms with Crippen LogP contribution in [0.25, 0.3) is 10.9 Å². The highest BCUT2D eigenvalue weighted by Crippen LogP contribution is 2.26. The number of benzene rings is 1. The van der Waals surface area contributed by atoms with Gasteiger partial charge in [-0.2, -0.15) is 4.37 Å². The Hall–Kier alpha value is -2.13. The lowest BCUT2D eigenvalue weighted by Crippen LogP contribution is -2.12. The summed E-state index contributed by atoms with van der Waals surface area (Å²) in [6.45, 7) is 1.70. The Labute approximate surface area is 119 Å². The zero-order valence-corrected chi connectivity index (χ0v) is 12.0. The number of nitrogen functional groups attached to an aromatic ring is 1. The van der Waals surface area contributed by atoms with Crippen molar-refractivity contribution >= 4 is 43.3 Å². The minimum atomic E-state index is -3.71. The molecule has 0 saturated heterocycles. The van der Waals surface area contributed by atoms with E-state index < -0.39 is 10.0 Å². The largest absolute Gasteiger partial charge is 0.399 e. The van der Waals surface area contributed by atoms with Crippen LogP contribution in [0.5, 0.6) is 0 Å². The second-order valence-corrected chi connectivity index (χ2v) is 6.61. The summed E-state index contributed by atoms with van der Waals surface area (Å²) in [5, 5.41) is 0.820. The predicted octanol–water partition coefficient (Wildman–Crippen LogP) is 1.71. The number of aryl methyl sites for hydroxylation is 1. The van der Waals surface area contributed by atoms with E-state index in [1.54, 1.807) is 25.1 Å². The molecule has 2 heterocycles. The summed E-state index contributed by atoms with van der Waals surface area (Å²) < 4.78 is 31.0. The molecule has 104 valence electrons. The van der Waals surface area contributed by atoms with Gasteiger partial charge >= 0.3 is 0 Å². The molecule has 0 saturated carbocycles. The van der Waals surface area contributed by atoms with Gasteiger partial charge in [0.1, 0.15) is 10.7 Å². The average Bonchev–Trinajstić information content (AvgIpc) is 2.94. The quantitative estimate of drug-likeness (QED) is 0.637. The lowest BCUT2D eigenvalue weighted by atomic mass is 10.2. The number of fused-ring (bicyclic) bond motifs is 1. The number of rotatable bonds is 3. The van der Waals surface area contributed by atoms with Gasteiger partial charge in [-0.05, 0) is 25.1 Å². The molecule has 3 rings (SSSR count). The summed E-state index contributed by atoms with van der Waals surface area (Å²) in [4.78, 5) is 7.03. The SMILES string of the molecule is Cc1nsc(NS(=O)(=O)c2c[nH]c3cc(N)ccc23)n1. The number of hydrogen-bond acceptors (Lipinski definition) is 6. The van der Waals surface area contributed by atoms with Crippen molar-refractivity contribution in [2.24, 2.45) is 0 Å². The summed E-state index contributed by atoms with van der Waals surface area (Å²) in [6, 6.07) is 5.01. The maximum Gasteiger partial charge on any atom is 0.265 e. The van der Waals surface area contributed by atoms with Crippen LogP contribution in [-0.2, 0) is 10.0 Å². The summed E-state index contributed by atoms with van der Waals surface area (Å²) in [6.07, 6.45) is 1.43. The van der Waals surface area contributed by atoms with Gasteiger partial charge in [0.05, 0.1) is 0 Å². The number of anilines is 2. The van der Waals surface area contributed by atoms with Crippen molar-refractivity contribution in [2.45, 2.75) is 11.8 Å². The number of hydrogen-bond donors (Lipinski definition) is 3. The van der Waals surface area contributed by atoms with E-state index in [9.17, 15) is 8.42 Å². The number of sulfonamides is 1. The number of aromatic amines is 1. The molecule has 0 aliphatic rings. The van der Waals surface area contributed by atoms with E-state index in [0.717, 1.165) is 11.5 Å². The molecule has 0 radical (unpaired) electrons. The van der Waals surface area contributed by atoms with Crippen LogP contribution >= 0.6 is 11.5 Å². The molecule has 3 aromatic rings. The smallest absolute Gasteiger partial charge is 0.265 e. The molecular weight excluding hydrogens is 298 g/mol. The topological polar surface area (TPSA) is 114 Å². The fraction of sp³-hybridized carbons (Fsp3) is 0.0909. The molecule has 0 unspecified atom stereocenters. The fourth-order valence-corrected chi connectivity index (χ4v) is 3.83. The zero-order chi connectivity index (χ0) is 14.3. The average molecular weight is 309 g/mol. The first-order valence-corrected chi connectivity index (χ1v) is 7.91. The molecule has 9 heteroatoms. The van der Waals surface area contributed by atoms with Gasteiger partial charge in [0.25, 0.3) is 10.0 Å². The van der Waals surface area contributed by atoms with Crippen molar-refractivity contribution in [1.29, 1.82) is 0 Å². The third kappa shape index (κ3) is 2.21. The molecule has 0 aliphatic heterocycles. The highest BCUT2D eigenvalue weighted by molar-refractivity contribution is 7.93. The van der Waals surface area contributed by atoms with Crippen LogP contribution < -0.4 is 10.5 Å². The molecule has 20 heavy (non-hydrogen) atoms. The molecule has 0 bridgehead atoms.